The fraction of sp³-hybridized carbons (Fsp3) is 0.786. The molecular formula is C14H25NO. The van der Waals surface area contributed by atoms with Crippen LogP contribution in [0.25, 0.3) is 0 Å². The molecule has 1 atom stereocenters. The summed E-state index contributed by atoms with van der Waals surface area (Å²) in [5.41, 5.74) is 0. The first-order valence-electron chi connectivity index (χ1n) is 6.26. The van der Waals surface area contributed by atoms with Crippen LogP contribution >= 0.6 is 0 Å². The van der Waals surface area contributed by atoms with Gasteiger partial charge in [-0.1, -0.05) is 38.5 Å². The minimum absolute atomic E-state index is 0.0388. The molecule has 0 saturated carbocycles. The van der Waals surface area contributed by atoms with Crippen molar-refractivity contribution in [2.24, 2.45) is 0 Å². The van der Waals surface area contributed by atoms with Gasteiger partial charge in [-0.25, -0.2) is 0 Å². The molecule has 2 nitrogen and oxygen atoms in total. The van der Waals surface area contributed by atoms with Crippen LogP contribution in [0.2, 0.25) is 0 Å². The van der Waals surface area contributed by atoms with E-state index >= 15 is 0 Å². The topological polar surface area (TPSA) is 20.3 Å². The lowest BCUT2D eigenvalue weighted by Gasteiger charge is -2.17. The highest BCUT2D eigenvalue weighted by molar-refractivity contribution is 5.79. The largest absolute Gasteiger partial charge is 0.300 e. The highest BCUT2D eigenvalue weighted by Crippen LogP contribution is 2.08. The van der Waals surface area contributed by atoms with Crippen LogP contribution in [0.5, 0.6) is 0 Å². The Labute approximate surface area is 100 Å². The predicted octanol–water partition coefficient (Wildman–Crippen LogP) is 2.87. The Morgan fingerprint density at radius 2 is 1.88 bits per heavy atom. The van der Waals surface area contributed by atoms with Crippen molar-refractivity contribution in [2.75, 3.05) is 14.1 Å². The fourth-order valence-electron chi connectivity index (χ4n) is 1.63. The van der Waals surface area contributed by atoms with Gasteiger partial charge >= 0.3 is 0 Å². The number of unbranched alkanes of at least 4 members (excludes halogenated alkanes) is 4. The van der Waals surface area contributed by atoms with E-state index in [1.54, 1.807) is 0 Å². The Balaban J connectivity index is 3.62. The molecule has 16 heavy (non-hydrogen) atoms. The van der Waals surface area contributed by atoms with Gasteiger partial charge in [0.25, 0.3) is 0 Å². The van der Waals surface area contributed by atoms with Crippen LogP contribution in [0.3, 0.4) is 0 Å². The lowest BCUT2D eigenvalue weighted by atomic mass is 10.0. The third-order valence-corrected chi connectivity index (χ3v) is 2.80. The van der Waals surface area contributed by atoms with Crippen molar-refractivity contribution in [3.8, 4) is 12.3 Å². The summed E-state index contributed by atoms with van der Waals surface area (Å²) < 4.78 is 0. The molecular weight excluding hydrogens is 198 g/mol. The van der Waals surface area contributed by atoms with Crippen molar-refractivity contribution in [3.63, 3.8) is 0 Å². The molecule has 92 valence electrons. The van der Waals surface area contributed by atoms with Crippen LogP contribution in [0, 0.1) is 12.3 Å². The number of hydrogen-bond acceptors (Lipinski definition) is 2. The maximum Gasteiger partial charge on any atom is 0.135 e. The van der Waals surface area contributed by atoms with E-state index in [4.69, 9.17) is 6.42 Å². The van der Waals surface area contributed by atoms with Gasteiger partial charge in [0, 0.05) is 12.8 Å². The van der Waals surface area contributed by atoms with E-state index in [1.807, 2.05) is 19.0 Å². The van der Waals surface area contributed by atoms with Crippen molar-refractivity contribution >= 4 is 5.78 Å². The molecule has 0 aromatic rings. The molecule has 0 heterocycles. The zero-order chi connectivity index (χ0) is 12.4. The molecule has 0 aromatic carbocycles. The smallest absolute Gasteiger partial charge is 0.135 e. The molecule has 0 radical (unpaired) electrons. The number of rotatable bonds is 9. The summed E-state index contributed by atoms with van der Waals surface area (Å²) >= 11 is 0. The van der Waals surface area contributed by atoms with Crippen molar-refractivity contribution < 1.29 is 4.79 Å². The van der Waals surface area contributed by atoms with Gasteiger partial charge in [0.15, 0.2) is 0 Å². The average molecular weight is 223 g/mol. The molecule has 2 heteroatoms. The highest BCUT2D eigenvalue weighted by atomic mass is 16.1. The van der Waals surface area contributed by atoms with E-state index < -0.39 is 0 Å². The van der Waals surface area contributed by atoms with Crippen molar-refractivity contribution in [2.45, 2.75) is 57.9 Å². The van der Waals surface area contributed by atoms with E-state index in [9.17, 15) is 4.79 Å². The van der Waals surface area contributed by atoms with Gasteiger partial charge in [-0.2, -0.15) is 0 Å². The van der Waals surface area contributed by atoms with Crippen LogP contribution in [0.1, 0.15) is 51.9 Å². The summed E-state index contributed by atoms with van der Waals surface area (Å²) in [5, 5.41) is 0. The molecule has 0 aliphatic heterocycles. The summed E-state index contributed by atoms with van der Waals surface area (Å²) in [4.78, 5) is 13.6. The number of carbonyl (C=O) groups is 1. The van der Waals surface area contributed by atoms with Crippen LogP contribution < -0.4 is 0 Å². The monoisotopic (exact) mass is 223 g/mol. The SMILES string of the molecule is C#CC(CC(=O)CCCCCCC)N(C)C. The maximum atomic E-state index is 11.6. The van der Waals surface area contributed by atoms with Crippen molar-refractivity contribution in [1.29, 1.82) is 0 Å². The van der Waals surface area contributed by atoms with Gasteiger partial charge in [0.05, 0.1) is 6.04 Å². The summed E-state index contributed by atoms with van der Waals surface area (Å²) in [6.07, 6.45) is 12.5. The molecule has 0 rings (SSSR count). The molecule has 0 saturated heterocycles. The summed E-state index contributed by atoms with van der Waals surface area (Å²) in [7, 11) is 3.83. The molecule has 0 fully saturated rings. The zero-order valence-electron chi connectivity index (χ0n) is 11.0. The predicted molar refractivity (Wildman–Crippen MR) is 69.3 cm³/mol. The van der Waals surface area contributed by atoms with E-state index in [1.165, 1.54) is 25.7 Å². The lowest BCUT2D eigenvalue weighted by Crippen LogP contribution is -2.28. The standard InChI is InChI=1S/C14H25NO/c1-5-7-8-9-10-11-14(16)12-13(6-2)15(3)4/h2,13H,5,7-12H2,1,3-4H3. The van der Waals surface area contributed by atoms with Crippen molar-refractivity contribution in [1.82, 2.24) is 4.90 Å². The number of nitrogens with zero attached hydrogens (tertiary/aromatic N) is 1. The van der Waals surface area contributed by atoms with E-state index in [0.717, 1.165) is 6.42 Å². The normalized spacial score (nSPS) is 12.4. The minimum atomic E-state index is -0.0388. The summed E-state index contributed by atoms with van der Waals surface area (Å²) in [5.74, 6) is 2.95. The lowest BCUT2D eigenvalue weighted by molar-refractivity contribution is -0.119. The molecule has 0 aliphatic carbocycles. The Morgan fingerprint density at radius 3 is 2.38 bits per heavy atom. The van der Waals surface area contributed by atoms with Crippen LogP contribution in [-0.2, 0) is 4.79 Å². The number of terminal acetylenes is 1. The van der Waals surface area contributed by atoms with E-state index in [0.29, 0.717) is 18.6 Å². The second-order valence-electron chi connectivity index (χ2n) is 4.55. The van der Waals surface area contributed by atoms with Crippen LogP contribution in [0.4, 0.5) is 0 Å². The summed E-state index contributed by atoms with van der Waals surface area (Å²) in [6.45, 7) is 2.19. The Morgan fingerprint density at radius 1 is 1.25 bits per heavy atom. The molecule has 0 aliphatic rings. The van der Waals surface area contributed by atoms with E-state index in [-0.39, 0.29) is 6.04 Å². The first-order chi connectivity index (χ1) is 7.61. The second kappa shape index (κ2) is 9.42. The van der Waals surface area contributed by atoms with Crippen LogP contribution in [-0.4, -0.2) is 30.8 Å². The summed E-state index contributed by atoms with van der Waals surface area (Å²) in [6, 6.07) is -0.0388. The maximum absolute atomic E-state index is 11.6. The Hall–Kier alpha value is -0.810. The molecule has 0 bridgehead atoms. The number of ketones is 1. The first kappa shape index (κ1) is 15.2. The Bertz CT molecular complexity index is 227. The second-order valence-corrected chi connectivity index (χ2v) is 4.55. The molecule has 0 spiro atoms. The minimum Gasteiger partial charge on any atom is -0.300 e. The quantitative estimate of drug-likeness (QED) is 0.442. The van der Waals surface area contributed by atoms with Gasteiger partial charge in [-0.15, -0.1) is 6.42 Å². The average Bonchev–Trinajstić information content (AvgIpc) is 2.25. The van der Waals surface area contributed by atoms with Gasteiger partial charge in [0.2, 0.25) is 0 Å². The number of Topliss-reactive ketones (excluding diaryl/α,β-unsaturated/α-hetero) is 1. The van der Waals surface area contributed by atoms with Gasteiger partial charge in [-0.05, 0) is 20.5 Å². The molecule has 0 N–H and O–H groups in total. The third kappa shape index (κ3) is 7.48. The van der Waals surface area contributed by atoms with Crippen molar-refractivity contribution in [3.05, 3.63) is 0 Å². The molecule has 0 amide bonds. The van der Waals surface area contributed by atoms with Gasteiger partial charge in [0.1, 0.15) is 5.78 Å². The third-order valence-electron chi connectivity index (χ3n) is 2.80. The van der Waals surface area contributed by atoms with Gasteiger partial charge < -0.3 is 0 Å². The first-order valence-corrected chi connectivity index (χ1v) is 6.26. The van der Waals surface area contributed by atoms with Crippen LogP contribution in [0.15, 0.2) is 0 Å². The Kier molecular flexibility index (Phi) is 8.94. The molecule has 0 aromatic heterocycles. The van der Waals surface area contributed by atoms with E-state index in [2.05, 4.69) is 12.8 Å². The number of hydrogen-bond donors (Lipinski definition) is 0. The number of carbonyl (C=O) groups excluding carboxylic acids is 1. The van der Waals surface area contributed by atoms with Gasteiger partial charge in [-0.3, -0.25) is 9.69 Å². The highest BCUT2D eigenvalue weighted by Gasteiger charge is 2.12. The zero-order valence-corrected chi connectivity index (χ0v) is 11.0. The molecule has 1 unspecified atom stereocenters. The fourth-order valence-corrected chi connectivity index (χ4v) is 1.63.